The summed E-state index contributed by atoms with van der Waals surface area (Å²) in [5.74, 6) is 1.63. The van der Waals surface area contributed by atoms with Crippen LogP contribution in [0.25, 0.3) is 0 Å². The molecule has 0 amide bonds. The Morgan fingerprint density at radius 3 is 2.65 bits per heavy atom. The lowest BCUT2D eigenvalue weighted by Crippen LogP contribution is -2.29. The Balaban J connectivity index is 1.38. The summed E-state index contributed by atoms with van der Waals surface area (Å²) in [4.78, 5) is 8.17. The molecule has 1 heterocycles. The Morgan fingerprint density at radius 1 is 1.15 bits per heavy atom. The van der Waals surface area contributed by atoms with Gasteiger partial charge in [-0.2, -0.15) is 0 Å². The minimum absolute atomic E-state index is 0.345. The first kappa shape index (κ1) is 18.3. The van der Waals surface area contributed by atoms with Crippen molar-refractivity contribution >= 4 is 17.9 Å². The van der Waals surface area contributed by atoms with Crippen LogP contribution in [0, 0.1) is 11.3 Å². The molecular formula is C20H27N5O. The van der Waals surface area contributed by atoms with Crippen molar-refractivity contribution in [2.75, 3.05) is 24.3 Å². The van der Waals surface area contributed by atoms with Crippen LogP contribution in [-0.2, 0) is 11.2 Å². The van der Waals surface area contributed by atoms with Gasteiger partial charge in [-0.3, -0.25) is 0 Å². The van der Waals surface area contributed by atoms with Crippen LogP contribution in [0.5, 0.6) is 0 Å². The standard InChI is InChI=1S/C20H27N5O/c21-12-18-19(22)23-14-24-20(18)25-17-8-6-16(7-9-17)13-26-11-10-15-4-2-1-3-5-15/h1-5,12,14,16-17,21H,6-11,13H2,(H3,22,23,24,25). The second-order valence-electron chi connectivity index (χ2n) is 6.84. The summed E-state index contributed by atoms with van der Waals surface area (Å²) in [5.41, 5.74) is 7.70. The molecule has 0 spiro atoms. The summed E-state index contributed by atoms with van der Waals surface area (Å²) in [5, 5.41) is 10.9. The molecule has 6 heteroatoms. The number of hydrogen-bond donors (Lipinski definition) is 3. The van der Waals surface area contributed by atoms with E-state index >= 15 is 0 Å². The fourth-order valence-electron chi connectivity index (χ4n) is 3.42. The minimum atomic E-state index is 0.345. The van der Waals surface area contributed by atoms with Crippen molar-refractivity contribution < 1.29 is 4.74 Å². The first-order valence-corrected chi connectivity index (χ1v) is 9.25. The zero-order chi connectivity index (χ0) is 18.2. The minimum Gasteiger partial charge on any atom is -0.383 e. The van der Waals surface area contributed by atoms with E-state index in [2.05, 4.69) is 39.6 Å². The topological polar surface area (TPSA) is 96.9 Å². The van der Waals surface area contributed by atoms with E-state index in [1.54, 1.807) is 0 Å². The number of nitrogens with zero attached hydrogens (tertiary/aromatic N) is 2. The lowest BCUT2D eigenvalue weighted by Gasteiger charge is -2.29. The predicted molar refractivity (Wildman–Crippen MR) is 105 cm³/mol. The Kier molecular flexibility index (Phi) is 6.55. The lowest BCUT2D eigenvalue weighted by molar-refractivity contribution is 0.0860. The quantitative estimate of drug-likeness (QED) is 0.500. The smallest absolute Gasteiger partial charge is 0.140 e. The molecule has 4 N–H and O–H groups in total. The van der Waals surface area contributed by atoms with Crippen molar-refractivity contribution in [3.05, 3.63) is 47.8 Å². The average molecular weight is 353 g/mol. The van der Waals surface area contributed by atoms with Gasteiger partial charge in [0, 0.05) is 18.9 Å². The van der Waals surface area contributed by atoms with Crippen LogP contribution in [-0.4, -0.2) is 35.4 Å². The number of rotatable bonds is 8. The van der Waals surface area contributed by atoms with Crippen molar-refractivity contribution in [3.8, 4) is 0 Å². The molecule has 0 bridgehead atoms. The van der Waals surface area contributed by atoms with Crippen molar-refractivity contribution in [1.82, 2.24) is 9.97 Å². The van der Waals surface area contributed by atoms with Gasteiger partial charge < -0.3 is 21.2 Å². The molecule has 1 fully saturated rings. The highest BCUT2D eigenvalue weighted by Crippen LogP contribution is 2.27. The number of benzene rings is 1. The van der Waals surface area contributed by atoms with Gasteiger partial charge in [-0.1, -0.05) is 30.3 Å². The zero-order valence-corrected chi connectivity index (χ0v) is 15.0. The van der Waals surface area contributed by atoms with Gasteiger partial charge in [0.1, 0.15) is 18.0 Å². The zero-order valence-electron chi connectivity index (χ0n) is 15.0. The van der Waals surface area contributed by atoms with Crippen LogP contribution >= 0.6 is 0 Å². The van der Waals surface area contributed by atoms with Gasteiger partial charge in [0.2, 0.25) is 0 Å². The summed E-state index contributed by atoms with van der Waals surface area (Å²) < 4.78 is 5.90. The molecule has 6 nitrogen and oxygen atoms in total. The Labute approximate surface area is 154 Å². The third kappa shape index (κ3) is 5.02. The lowest BCUT2D eigenvalue weighted by atomic mass is 9.86. The SMILES string of the molecule is N=Cc1c(N)ncnc1NC1CCC(COCCc2ccccc2)CC1. The highest BCUT2D eigenvalue weighted by molar-refractivity contribution is 5.89. The molecular weight excluding hydrogens is 326 g/mol. The third-order valence-electron chi connectivity index (χ3n) is 4.98. The van der Waals surface area contributed by atoms with E-state index in [0.29, 0.717) is 29.2 Å². The highest BCUT2D eigenvalue weighted by Gasteiger charge is 2.22. The molecule has 0 aliphatic heterocycles. The van der Waals surface area contributed by atoms with E-state index in [4.69, 9.17) is 15.9 Å². The van der Waals surface area contributed by atoms with Crippen molar-refractivity contribution in [1.29, 1.82) is 5.41 Å². The number of hydrogen-bond acceptors (Lipinski definition) is 6. The Hall–Kier alpha value is -2.47. The van der Waals surface area contributed by atoms with Crippen LogP contribution in [0.15, 0.2) is 36.7 Å². The van der Waals surface area contributed by atoms with Crippen LogP contribution < -0.4 is 11.1 Å². The maximum Gasteiger partial charge on any atom is 0.140 e. The van der Waals surface area contributed by atoms with Gasteiger partial charge in [-0.05, 0) is 43.6 Å². The van der Waals surface area contributed by atoms with Crippen molar-refractivity contribution in [2.45, 2.75) is 38.1 Å². The molecule has 1 aliphatic carbocycles. The molecule has 0 atom stereocenters. The molecule has 0 unspecified atom stereocenters. The van der Waals surface area contributed by atoms with Crippen molar-refractivity contribution in [2.24, 2.45) is 5.92 Å². The van der Waals surface area contributed by atoms with E-state index in [9.17, 15) is 0 Å². The van der Waals surface area contributed by atoms with Crippen LogP contribution in [0.2, 0.25) is 0 Å². The molecule has 0 radical (unpaired) electrons. The molecule has 26 heavy (non-hydrogen) atoms. The first-order chi connectivity index (χ1) is 12.8. The summed E-state index contributed by atoms with van der Waals surface area (Å²) in [6, 6.07) is 10.8. The number of ether oxygens (including phenoxy) is 1. The second kappa shape index (κ2) is 9.29. The number of anilines is 2. The second-order valence-corrected chi connectivity index (χ2v) is 6.84. The van der Waals surface area contributed by atoms with Crippen LogP contribution in [0.1, 0.15) is 36.8 Å². The predicted octanol–water partition coefficient (Wildman–Crippen LogP) is 3.29. The van der Waals surface area contributed by atoms with Crippen LogP contribution in [0.3, 0.4) is 0 Å². The van der Waals surface area contributed by atoms with E-state index in [-0.39, 0.29) is 0 Å². The van der Waals surface area contributed by atoms with E-state index in [0.717, 1.165) is 45.3 Å². The van der Waals surface area contributed by atoms with Gasteiger partial charge in [0.15, 0.2) is 0 Å². The maximum absolute atomic E-state index is 7.49. The third-order valence-corrected chi connectivity index (χ3v) is 4.98. The summed E-state index contributed by atoms with van der Waals surface area (Å²) in [6.07, 6.45) is 8.06. The number of aromatic nitrogens is 2. The van der Waals surface area contributed by atoms with E-state index in [1.807, 2.05) is 6.07 Å². The van der Waals surface area contributed by atoms with Crippen LogP contribution in [0.4, 0.5) is 11.6 Å². The summed E-state index contributed by atoms with van der Waals surface area (Å²) in [7, 11) is 0. The first-order valence-electron chi connectivity index (χ1n) is 9.25. The van der Waals surface area contributed by atoms with Crippen molar-refractivity contribution in [3.63, 3.8) is 0 Å². The molecule has 1 saturated carbocycles. The average Bonchev–Trinajstić information content (AvgIpc) is 2.67. The van der Waals surface area contributed by atoms with E-state index < -0.39 is 0 Å². The molecule has 1 aliphatic rings. The number of nitrogens with two attached hydrogens (primary N) is 1. The van der Waals surface area contributed by atoms with Gasteiger partial charge >= 0.3 is 0 Å². The normalized spacial score (nSPS) is 19.8. The molecule has 1 aromatic heterocycles. The van der Waals surface area contributed by atoms with E-state index in [1.165, 1.54) is 18.1 Å². The molecule has 1 aromatic carbocycles. The largest absolute Gasteiger partial charge is 0.383 e. The molecule has 0 saturated heterocycles. The Bertz CT molecular complexity index is 699. The molecule has 138 valence electrons. The highest BCUT2D eigenvalue weighted by atomic mass is 16.5. The summed E-state index contributed by atoms with van der Waals surface area (Å²) in [6.45, 7) is 1.62. The van der Waals surface area contributed by atoms with Gasteiger partial charge in [0.25, 0.3) is 0 Å². The monoisotopic (exact) mass is 353 g/mol. The molecule has 2 aromatic rings. The fourth-order valence-corrected chi connectivity index (χ4v) is 3.42. The number of nitrogens with one attached hydrogen (secondary N) is 2. The molecule has 3 rings (SSSR count). The fraction of sp³-hybridized carbons (Fsp3) is 0.450. The maximum atomic E-state index is 7.49. The van der Waals surface area contributed by atoms with Gasteiger partial charge in [-0.15, -0.1) is 0 Å². The Morgan fingerprint density at radius 2 is 1.92 bits per heavy atom. The summed E-state index contributed by atoms with van der Waals surface area (Å²) >= 11 is 0. The van der Waals surface area contributed by atoms with Gasteiger partial charge in [-0.25, -0.2) is 9.97 Å². The van der Waals surface area contributed by atoms with Gasteiger partial charge in [0.05, 0.1) is 12.2 Å². The number of nitrogen functional groups attached to an aromatic ring is 1.